The number of nitrogens with zero attached hydrogens (tertiary/aromatic N) is 1. The molecule has 12 atom stereocenters. The van der Waals surface area contributed by atoms with Crippen LogP contribution in [0.5, 0.6) is 11.5 Å². The van der Waals surface area contributed by atoms with Gasteiger partial charge in [-0.2, -0.15) is 0 Å². The van der Waals surface area contributed by atoms with Gasteiger partial charge in [0.05, 0.1) is 37.0 Å². The van der Waals surface area contributed by atoms with Gasteiger partial charge < -0.3 is 56.7 Å². The SMILES string of the molecule is CCC(CC)C(=O)N[C@H]1CCC[C@@](O)(C#Cc2cccc(Cl)c2)C1.COc1ccc(OC)c(C(=O)C(C(C(N)=O)N(C(=O)c2ccc(C)c([C@H]3CCC[C@@](O)(C#Cc4cccc(Cl)c4)C3)c2)c2cc(C)ccc2C(=O)N[C@H]2CCC[C@@](O)(C#Cc3cccc(Cl)c3)C2)[C@H]2CCC[C@@](O)(C#Cc3cccc(Cl)c3)C2)c1.O=C(N[C@H]1CCC[C@@](O)(C#Cc2cccc(Cl)c2)C1)c1cccc(F)c1. The van der Waals surface area contributed by atoms with E-state index in [1.807, 2.05) is 45.0 Å². The number of aliphatic hydroxyl groups is 5. The van der Waals surface area contributed by atoms with Crippen LogP contribution in [0.15, 0.2) is 200 Å². The van der Waals surface area contributed by atoms with E-state index in [0.717, 1.165) is 60.8 Å². The van der Waals surface area contributed by atoms with Gasteiger partial charge >= 0.3 is 0 Å². The quantitative estimate of drug-likeness (QED) is 0.0269. The molecule has 9 aromatic carbocycles. The van der Waals surface area contributed by atoms with Gasteiger partial charge in [0.25, 0.3) is 17.7 Å². The highest BCUT2D eigenvalue weighted by Crippen LogP contribution is 2.46. The molecule has 5 aliphatic rings. The third-order valence-electron chi connectivity index (χ3n) is 25.7. The van der Waals surface area contributed by atoms with Gasteiger partial charge in [-0.25, -0.2) is 4.39 Å². The summed E-state index contributed by atoms with van der Waals surface area (Å²) in [6.45, 7) is 7.76. The van der Waals surface area contributed by atoms with Crippen LogP contribution in [-0.4, -0.2) is 127 Å². The zero-order chi connectivity index (χ0) is 96.8. The van der Waals surface area contributed by atoms with Crippen LogP contribution >= 0.6 is 58.0 Å². The Labute approximate surface area is 815 Å². The third kappa shape index (κ3) is 28.6. The topological polar surface area (TPSA) is 287 Å². The molecule has 135 heavy (non-hydrogen) atoms. The lowest BCUT2D eigenvalue weighted by Gasteiger charge is -2.43. The number of methoxy groups -OCH3 is 2. The predicted octanol–water partition coefficient (Wildman–Crippen LogP) is 20.0. The minimum Gasteiger partial charge on any atom is -0.497 e. The van der Waals surface area contributed by atoms with E-state index in [9.17, 15) is 39.5 Å². The second-order valence-corrected chi connectivity index (χ2v) is 38.2. The molecule has 0 aliphatic heterocycles. The van der Waals surface area contributed by atoms with Crippen LogP contribution in [-0.2, 0) is 9.59 Å². The monoisotopic (exact) mass is 1920 g/mol. The van der Waals surface area contributed by atoms with E-state index in [-0.39, 0.29) is 95.1 Å². The van der Waals surface area contributed by atoms with Crippen molar-refractivity contribution in [1.82, 2.24) is 16.0 Å². The van der Waals surface area contributed by atoms with Gasteiger partial charge in [-0.15, -0.1) is 0 Å². The van der Waals surface area contributed by atoms with Crippen molar-refractivity contribution in [1.29, 1.82) is 0 Å². The summed E-state index contributed by atoms with van der Waals surface area (Å²) in [7, 11) is 2.86. The summed E-state index contributed by atoms with van der Waals surface area (Å²) in [5.41, 5.74) is 5.87. The fourth-order valence-corrected chi connectivity index (χ4v) is 19.7. The second kappa shape index (κ2) is 46.9. The number of ether oxygens (including phenoxy) is 2. The van der Waals surface area contributed by atoms with Gasteiger partial charge in [-0.05, 0) is 316 Å². The molecule has 18 nitrogen and oxygen atoms in total. The minimum atomic E-state index is -1.84. The predicted molar refractivity (Wildman–Crippen MR) is 529 cm³/mol. The van der Waals surface area contributed by atoms with Crippen LogP contribution in [0.2, 0.25) is 25.1 Å². The zero-order valence-electron chi connectivity index (χ0n) is 76.5. The maximum atomic E-state index is 16.4. The van der Waals surface area contributed by atoms with E-state index in [0.29, 0.717) is 130 Å². The second-order valence-electron chi connectivity index (χ2n) is 36.0. The average Bonchev–Trinajstić information content (AvgIpc) is 0.730. The van der Waals surface area contributed by atoms with Crippen molar-refractivity contribution in [3.05, 3.63) is 298 Å². The van der Waals surface area contributed by atoms with Gasteiger partial charge in [0, 0.05) is 107 Å². The number of Topliss-reactive ketones (excluding diaryl/α,β-unsaturated/α-hetero) is 1. The van der Waals surface area contributed by atoms with E-state index in [1.165, 1.54) is 43.4 Å². The van der Waals surface area contributed by atoms with Gasteiger partial charge in [0.15, 0.2) is 5.78 Å². The number of amides is 5. The average molecular weight is 1920 g/mol. The Morgan fingerprint density at radius 2 is 0.889 bits per heavy atom. The molecular formula is C111H113Cl5FN5O13. The highest BCUT2D eigenvalue weighted by molar-refractivity contribution is 6.32. The molecule has 0 radical (unpaired) electrons. The summed E-state index contributed by atoms with van der Waals surface area (Å²) < 4.78 is 24.7. The number of carbonyl (C=O) groups is 6. The highest BCUT2D eigenvalue weighted by atomic mass is 35.5. The first-order chi connectivity index (χ1) is 64.5. The van der Waals surface area contributed by atoms with Crippen molar-refractivity contribution >= 4 is 99.0 Å². The molecule has 702 valence electrons. The van der Waals surface area contributed by atoms with Crippen molar-refractivity contribution in [3.8, 4) is 70.7 Å². The molecule has 0 heterocycles. The van der Waals surface area contributed by atoms with Crippen LogP contribution in [0, 0.1) is 96.6 Å². The van der Waals surface area contributed by atoms with Gasteiger partial charge in [0.2, 0.25) is 11.8 Å². The number of carbonyl (C=O) groups excluding carboxylic acids is 6. The maximum absolute atomic E-state index is 16.4. The molecule has 0 bridgehead atoms. The molecule has 5 aliphatic carbocycles. The number of primary amides is 1. The Hall–Kier alpha value is -11.4. The van der Waals surface area contributed by atoms with E-state index < -0.39 is 81.2 Å². The van der Waals surface area contributed by atoms with Crippen LogP contribution in [0.1, 0.15) is 247 Å². The Morgan fingerprint density at radius 1 is 0.459 bits per heavy atom. The lowest BCUT2D eigenvalue weighted by Crippen LogP contribution is -2.57. The van der Waals surface area contributed by atoms with Crippen LogP contribution in [0.25, 0.3) is 0 Å². The summed E-state index contributed by atoms with van der Waals surface area (Å²) in [4.78, 5) is 88.6. The van der Waals surface area contributed by atoms with Crippen molar-refractivity contribution in [2.45, 2.75) is 227 Å². The number of ketones is 1. The highest BCUT2D eigenvalue weighted by Gasteiger charge is 2.50. The van der Waals surface area contributed by atoms with Crippen LogP contribution < -0.4 is 36.1 Å². The summed E-state index contributed by atoms with van der Waals surface area (Å²) >= 11 is 30.8. The fourth-order valence-electron chi connectivity index (χ4n) is 18.8. The van der Waals surface area contributed by atoms with Crippen LogP contribution in [0.4, 0.5) is 10.1 Å². The van der Waals surface area contributed by atoms with Gasteiger partial charge in [-0.1, -0.05) is 180 Å². The van der Waals surface area contributed by atoms with Crippen molar-refractivity contribution < 1.29 is 68.2 Å². The molecule has 0 aromatic heterocycles. The lowest BCUT2D eigenvalue weighted by atomic mass is 9.68. The first-order valence-corrected chi connectivity index (χ1v) is 47.8. The van der Waals surface area contributed by atoms with E-state index >= 15 is 19.2 Å². The van der Waals surface area contributed by atoms with Gasteiger partial charge in [-0.3, -0.25) is 33.7 Å². The molecule has 0 saturated heterocycles. The van der Waals surface area contributed by atoms with Gasteiger partial charge in [0.1, 0.15) is 51.4 Å². The molecule has 9 aromatic rings. The van der Waals surface area contributed by atoms with Crippen molar-refractivity contribution in [2.75, 3.05) is 19.1 Å². The van der Waals surface area contributed by atoms with Crippen molar-refractivity contribution in [3.63, 3.8) is 0 Å². The molecule has 0 spiro atoms. The summed E-state index contributed by atoms with van der Waals surface area (Å²) in [6.07, 6.45) is 11.1. The number of nitrogens with one attached hydrogen (secondary N) is 3. The Morgan fingerprint density at radius 3 is 1.33 bits per heavy atom. The number of aryl methyl sites for hydroxylation is 2. The summed E-state index contributed by atoms with van der Waals surface area (Å²) in [5, 5.41) is 69.8. The number of halogens is 6. The Balaban J connectivity index is 0.000000263. The molecular weight excluding hydrogens is 1810 g/mol. The first kappa shape index (κ1) is 103. The molecule has 5 saturated carbocycles. The standard InChI is InChI=1S/C70H68Cl3N3O9.C21H19ClFNO2.C20H26ClNO2/c1-44-20-24-57(66(79)75-55-19-10-31-70(83,43-55)34-28-48-13-7-18-54(73)38-48)60(35-44)76(67(80)49-22-21-45(2)58(39-49)50-14-8-29-68(81,41-50)32-26-46-11-5-16-52(71)36-46)63(65(74)78)62(64(77)59-40-56(84-3)23-25-61(59)85-4)51-15-9-30-69(82,42-51)33-27-47-12-6-17-53(72)37-47;22-17-6-1-4-15(12-17)9-11-21(26)10-3-8-19(14-21)24-20(25)16-5-2-7-18(23)13-16;1-3-16(4-2)19(23)22-18-9-6-11-20(24,14-18)12-10-15-7-5-8-17(21)13-15/h5-7,11-13,16-18,20-25,35-40,50-51,55,62-63,81-83H,8-10,14-15,19,29-31,41-43H2,1-4H3,(H2,74,78)(H,75,79);1-2,4-7,12-13,19,26H,3,8,10,14H2,(H,24,25);5,7-8,13,16,18,24H,3-4,6,9,11,14H2,1-2H3,(H,22,23)/t50-,51-,55-,62?,63?,68+,69+,70+;19-,21+;18-,20+/m000/s1. The summed E-state index contributed by atoms with van der Waals surface area (Å²) in [6, 6.07) is 53.1. The number of hydrogen-bond donors (Lipinski definition) is 9. The summed E-state index contributed by atoms with van der Waals surface area (Å²) in [5.74, 6) is 24.4. The Kier molecular flexibility index (Phi) is 35.6. The number of hydrogen-bond acceptors (Lipinski definition) is 13. The number of anilines is 1. The normalized spacial score (nSPS) is 22.6. The molecule has 2 unspecified atom stereocenters. The molecule has 5 fully saturated rings. The number of nitrogens with two attached hydrogens (primary N) is 1. The fraction of sp³-hybridized carbons (Fsp3) is 0.369. The molecule has 14 rings (SSSR count). The van der Waals surface area contributed by atoms with E-state index in [4.69, 9.17) is 73.2 Å². The zero-order valence-corrected chi connectivity index (χ0v) is 80.3. The molecule has 5 amide bonds. The molecule has 24 heteroatoms. The maximum Gasteiger partial charge on any atom is 0.259 e. The number of benzene rings is 9. The van der Waals surface area contributed by atoms with E-state index in [2.05, 4.69) is 75.2 Å². The largest absolute Gasteiger partial charge is 0.497 e. The molecule has 10 N–H and O–H groups in total. The smallest absolute Gasteiger partial charge is 0.259 e. The first-order valence-electron chi connectivity index (χ1n) is 45.9. The third-order valence-corrected chi connectivity index (χ3v) is 26.9. The number of rotatable bonds is 19. The lowest BCUT2D eigenvalue weighted by molar-refractivity contribution is -0.126. The Bertz CT molecular complexity index is 6190. The van der Waals surface area contributed by atoms with Crippen molar-refractivity contribution in [2.24, 2.45) is 23.5 Å². The minimum absolute atomic E-state index is 0.00879. The van der Waals surface area contributed by atoms with Crippen LogP contribution in [0.3, 0.4) is 0 Å². The van der Waals surface area contributed by atoms with E-state index in [1.54, 1.807) is 159 Å².